The lowest BCUT2D eigenvalue weighted by atomic mass is 10.2. The van der Waals surface area contributed by atoms with Crippen molar-refractivity contribution in [2.45, 2.75) is 26.1 Å². The van der Waals surface area contributed by atoms with E-state index in [-0.39, 0.29) is 35.0 Å². The van der Waals surface area contributed by atoms with E-state index in [1.165, 1.54) is 4.57 Å². The fourth-order valence-corrected chi connectivity index (χ4v) is 4.24. The van der Waals surface area contributed by atoms with Crippen LogP contribution < -0.4 is 21.1 Å². The molecule has 0 unspecified atom stereocenters. The lowest BCUT2D eigenvalue weighted by molar-refractivity contribution is -0.137. The number of nitrogens with one attached hydrogen (secondary N) is 2. The molecule has 1 aliphatic rings. The van der Waals surface area contributed by atoms with Gasteiger partial charge in [-0.15, -0.1) is 17.5 Å². The number of alkyl halides is 3. The van der Waals surface area contributed by atoms with E-state index in [9.17, 15) is 27.2 Å². The highest BCUT2D eigenvalue weighted by Gasteiger charge is 2.31. The van der Waals surface area contributed by atoms with Crippen molar-refractivity contribution in [1.82, 2.24) is 24.5 Å². The summed E-state index contributed by atoms with van der Waals surface area (Å²) in [5.74, 6) is -1.81. The molecule has 1 fully saturated rings. The van der Waals surface area contributed by atoms with Crippen LogP contribution in [0.15, 0.2) is 27.7 Å². The third-order valence-corrected chi connectivity index (χ3v) is 5.78. The van der Waals surface area contributed by atoms with E-state index in [0.29, 0.717) is 56.1 Å². The molecule has 0 radical (unpaired) electrons. The van der Waals surface area contributed by atoms with Gasteiger partial charge in [0.05, 0.1) is 16.9 Å². The van der Waals surface area contributed by atoms with Crippen molar-refractivity contribution in [3.05, 3.63) is 50.4 Å². The van der Waals surface area contributed by atoms with Crippen LogP contribution in [0.2, 0.25) is 0 Å². The van der Waals surface area contributed by atoms with E-state index in [2.05, 4.69) is 36.6 Å². The van der Waals surface area contributed by atoms with E-state index in [1.807, 2.05) is 11.8 Å². The Morgan fingerprint density at radius 2 is 1.94 bits per heavy atom. The van der Waals surface area contributed by atoms with Crippen LogP contribution in [0.1, 0.15) is 18.2 Å². The molecule has 9 nitrogen and oxygen atoms in total. The van der Waals surface area contributed by atoms with Crippen molar-refractivity contribution in [2.75, 3.05) is 36.4 Å². The molecule has 3 aromatic rings. The molecule has 2 N–H and O–H groups in total. The van der Waals surface area contributed by atoms with E-state index >= 15 is 0 Å². The number of piperazine rings is 1. The molecule has 0 bridgehead atoms. The first-order valence-electron chi connectivity index (χ1n) is 10.4. The molecule has 0 aliphatic carbocycles. The molecule has 0 atom stereocenters. The summed E-state index contributed by atoms with van der Waals surface area (Å²) < 4.78 is 55.4. The highest BCUT2D eigenvalue weighted by Crippen LogP contribution is 2.31. The quantitative estimate of drug-likeness (QED) is 0.450. The van der Waals surface area contributed by atoms with Gasteiger partial charge in [0.2, 0.25) is 16.4 Å². The van der Waals surface area contributed by atoms with E-state index in [4.69, 9.17) is 0 Å². The minimum Gasteiger partial charge on any atom is -0.363 e. The lowest BCUT2D eigenvalue weighted by Gasteiger charge is -2.31. The van der Waals surface area contributed by atoms with Crippen LogP contribution in [-0.2, 0) is 23.9 Å². The molecule has 1 aliphatic heterocycles. The zero-order valence-corrected chi connectivity index (χ0v) is 20.7. The SMILES string of the molecule is CCc1c(N2CCNCC2)c(=O)n2nc(Br)nc2n1CC(=O)Nc1ccc(C(F)(F)F)cc1F.Cl. The summed E-state index contributed by atoms with van der Waals surface area (Å²) in [5.41, 5.74) is -0.993. The van der Waals surface area contributed by atoms with Crippen molar-refractivity contribution in [3.63, 3.8) is 0 Å². The van der Waals surface area contributed by atoms with Crippen molar-refractivity contribution in [2.24, 2.45) is 0 Å². The summed E-state index contributed by atoms with van der Waals surface area (Å²) in [6, 6.07) is 1.87. The molecule has 2 aromatic heterocycles. The summed E-state index contributed by atoms with van der Waals surface area (Å²) in [6.45, 7) is 3.97. The van der Waals surface area contributed by atoms with Crippen molar-refractivity contribution < 1.29 is 22.4 Å². The van der Waals surface area contributed by atoms with Crippen molar-refractivity contribution in [3.8, 4) is 0 Å². The fraction of sp³-hybridized carbons (Fsp3) is 0.400. The van der Waals surface area contributed by atoms with Gasteiger partial charge in [-0.05, 0) is 40.5 Å². The molecule has 0 saturated carbocycles. The molecule has 0 spiro atoms. The standard InChI is InChI=1S/C20H20BrF4N7O2.ClH/c1-2-14-16(30-7-5-26-6-8-30)17(34)32-19(28-18(21)29-32)31(14)10-15(33)27-13-4-3-11(9-12(13)22)20(23,24)25;/h3-4,9,26H,2,5-8,10H2,1H3,(H,27,33);1H. The van der Waals surface area contributed by atoms with E-state index in [0.717, 1.165) is 10.6 Å². The zero-order valence-electron chi connectivity index (χ0n) is 18.3. The molecule has 4 rings (SSSR count). The molecule has 35 heavy (non-hydrogen) atoms. The first-order valence-corrected chi connectivity index (χ1v) is 11.2. The Hall–Kier alpha value is -2.71. The molecule has 15 heteroatoms. The summed E-state index contributed by atoms with van der Waals surface area (Å²) in [4.78, 5) is 32.2. The minimum absolute atomic E-state index is 0. The predicted molar refractivity (Wildman–Crippen MR) is 127 cm³/mol. The summed E-state index contributed by atoms with van der Waals surface area (Å²) in [5, 5.41) is 9.60. The van der Waals surface area contributed by atoms with Gasteiger partial charge in [0, 0.05) is 26.2 Å². The molecule has 1 saturated heterocycles. The number of rotatable bonds is 5. The van der Waals surface area contributed by atoms with Crippen LogP contribution in [0.5, 0.6) is 0 Å². The van der Waals surface area contributed by atoms with Gasteiger partial charge < -0.3 is 20.1 Å². The first-order chi connectivity index (χ1) is 16.1. The van der Waals surface area contributed by atoms with E-state index in [1.54, 1.807) is 0 Å². The highest BCUT2D eigenvalue weighted by atomic mass is 79.9. The maximum atomic E-state index is 14.2. The number of hydrogen-bond acceptors (Lipinski definition) is 6. The number of benzene rings is 1. The average molecular weight is 583 g/mol. The predicted octanol–water partition coefficient (Wildman–Crippen LogP) is 2.84. The second-order valence-corrected chi connectivity index (χ2v) is 8.32. The number of nitrogens with zero attached hydrogens (tertiary/aromatic N) is 5. The number of halogens is 6. The highest BCUT2D eigenvalue weighted by molar-refractivity contribution is 9.10. The largest absolute Gasteiger partial charge is 0.416 e. The summed E-state index contributed by atoms with van der Waals surface area (Å²) >= 11 is 3.15. The molecular weight excluding hydrogens is 562 g/mol. The smallest absolute Gasteiger partial charge is 0.363 e. The summed E-state index contributed by atoms with van der Waals surface area (Å²) in [7, 11) is 0. The van der Waals surface area contributed by atoms with Gasteiger partial charge in [0.1, 0.15) is 18.0 Å². The molecular formula is C20H21BrClF4N7O2. The van der Waals surface area contributed by atoms with Crippen molar-refractivity contribution in [1.29, 1.82) is 0 Å². The Bertz CT molecular complexity index is 1310. The van der Waals surface area contributed by atoms with Gasteiger partial charge >= 0.3 is 6.18 Å². The first kappa shape index (κ1) is 26.9. The maximum Gasteiger partial charge on any atom is 0.416 e. The number of anilines is 2. The number of aromatic nitrogens is 4. The maximum absolute atomic E-state index is 14.2. The van der Waals surface area contributed by atoms with Gasteiger partial charge in [0.25, 0.3) is 5.56 Å². The average Bonchev–Trinajstić information content (AvgIpc) is 3.18. The Morgan fingerprint density at radius 1 is 1.26 bits per heavy atom. The van der Waals surface area contributed by atoms with Gasteiger partial charge in [-0.25, -0.2) is 4.39 Å². The Balaban J connectivity index is 0.00000342. The van der Waals surface area contributed by atoms with Crippen LogP contribution >= 0.6 is 28.3 Å². The fourth-order valence-electron chi connectivity index (χ4n) is 3.92. The zero-order chi connectivity index (χ0) is 24.6. The second-order valence-electron chi connectivity index (χ2n) is 7.61. The monoisotopic (exact) mass is 581 g/mol. The minimum atomic E-state index is -4.71. The van der Waals surface area contributed by atoms with Gasteiger partial charge in [-0.1, -0.05) is 6.92 Å². The van der Waals surface area contributed by atoms with Gasteiger partial charge in [0.15, 0.2) is 0 Å². The second kappa shape index (κ2) is 10.5. The number of carbonyl (C=O) groups excluding carboxylic acids is 1. The third kappa shape index (κ3) is 5.43. The molecule has 1 amide bonds. The van der Waals surface area contributed by atoms with Crippen LogP contribution in [0.3, 0.4) is 0 Å². The molecule has 1 aromatic carbocycles. The normalized spacial score (nSPS) is 14.2. The summed E-state index contributed by atoms with van der Waals surface area (Å²) in [6.07, 6.45) is -4.32. The molecule has 3 heterocycles. The number of fused-ring (bicyclic) bond motifs is 1. The Labute approximate surface area is 211 Å². The van der Waals surface area contributed by atoms with Crippen molar-refractivity contribution >= 4 is 51.4 Å². The van der Waals surface area contributed by atoms with Crippen LogP contribution in [0.4, 0.5) is 28.9 Å². The van der Waals surface area contributed by atoms with Gasteiger partial charge in [-0.3, -0.25) is 9.59 Å². The van der Waals surface area contributed by atoms with Crippen LogP contribution in [-0.4, -0.2) is 51.3 Å². The number of carbonyl (C=O) groups is 1. The van der Waals surface area contributed by atoms with Gasteiger partial charge in [-0.2, -0.15) is 22.7 Å². The lowest BCUT2D eigenvalue weighted by Crippen LogP contribution is -2.47. The van der Waals surface area contributed by atoms with E-state index < -0.39 is 29.2 Å². The molecule has 190 valence electrons. The number of hydrogen-bond donors (Lipinski definition) is 2. The van der Waals surface area contributed by atoms with Crippen LogP contribution in [0.25, 0.3) is 5.78 Å². The van der Waals surface area contributed by atoms with Crippen LogP contribution in [0, 0.1) is 5.82 Å². The Kier molecular flexibility index (Phi) is 8.07. The number of amides is 1. The third-order valence-electron chi connectivity index (χ3n) is 5.44. The Morgan fingerprint density at radius 3 is 2.54 bits per heavy atom. The topological polar surface area (TPSA) is 96.6 Å².